The second kappa shape index (κ2) is 12.0. The molecule has 0 spiro atoms. The molecule has 0 saturated carbocycles. The van der Waals surface area contributed by atoms with Gasteiger partial charge in [0.2, 0.25) is 0 Å². The quantitative estimate of drug-likeness (QED) is 0.170. The van der Waals surface area contributed by atoms with Gasteiger partial charge in [-0.25, -0.2) is 5.43 Å². The van der Waals surface area contributed by atoms with Gasteiger partial charge in [-0.1, -0.05) is 24.3 Å². The topological polar surface area (TPSA) is 103 Å². The lowest BCUT2D eigenvalue weighted by atomic mass is 10.2. The van der Waals surface area contributed by atoms with Gasteiger partial charge in [-0.2, -0.15) is 13.5 Å². The van der Waals surface area contributed by atoms with Crippen molar-refractivity contribution in [3.63, 3.8) is 0 Å². The summed E-state index contributed by atoms with van der Waals surface area (Å²) in [4.78, 5) is 12.4. The van der Waals surface area contributed by atoms with E-state index in [0.717, 1.165) is 0 Å². The zero-order valence-electron chi connectivity index (χ0n) is 18.8. The lowest BCUT2D eigenvalue weighted by molar-refractivity contribution is 0.0954. The smallest absolute Gasteiger partial charge is 0.339 e. The molecule has 182 valence electrons. The number of amides is 1. The van der Waals surface area contributed by atoms with Crippen LogP contribution in [0, 0.1) is 0 Å². The Kier molecular flexibility index (Phi) is 8.88. The Bertz CT molecular complexity index is 1310. The van der Waals surface area contributed by atoms with Gasteiger partial charge in [-0.15, -0.1) is 0 Å². The van der Waals surface area contributed by atoms with Gasteiger partial charge in [0.15, 0.2) is 11.5 Å². The molecule has 0 saturated heterocycles. The summed E-state index contributed by atoms with van der Waals surface area (Å²) >= 11 is 5.79. The Morgan fingerprint density at radius 1 is 1.03 bits per heavy atom. The highest BCUT2D eigenvalue weighted by Gasteiger charge is 2.16. The zero-order valence-corrected chi connectivity index (χ0v) is 20.4. The van der Waals surface area contributed by atoms with Crippen molar-refractivity contribution in [1.29, 1.82) is 0 Å². The number of carbonyl (C=O) groups is 1. The van der Waals surface area contributed by atoms with Crippen LogP contribution in [-0.2, 0) is 10.1 Å². The average Bonchev–Trinajstić information content (AvgIpc) is 2.84. The molecule has 3 rings (SSSR count). The number of benzene rings is 3. The number of ether oxygens (including phenoxy) is 2. The molecule has 0 radical (unpaired) electrons. The highest BCUT2D eigenvalue weighted by molar-refractivity contribution is 7.87. The molecule has 3 aromatic carbocycles. The van der Waals surface area contributed by atoms with E-state index >= 15 is 0 Å². The molecule has 0 bridgehead atoms. The van der Waals surface area contributed by atoms with Crippen molar-refractivity contribution in [3.05, 3.63) is 95.5 Å². The van der Waals surface area contributed by atoms with Crippen LogP contribution in [0.25, 0.3) is 0 Å². The Balaban J connectivity index is 1.61. The van der Waals surface area contributed by atoms with Crippen molar-refractivity contribution >= 4 is 33.8 Å². The minimum atomic E-state index is -3.99. The first kappa shape index (κ1) is 25.8. The number of hydrazone groups is 1. The molecule has 0 aliphatic carbocycles. The van der Waals surface area contributed by atoms with Gasteiger partial charge in [-0.05, 0) is 79.2 Å². The van der Waals surface area contributed by atoms with Gasteiger partial charge in [-0.3, -0.25) is 4.79 Å². The van der Waals surface area contributed by atoms with Gasteiger partial charge in [0, 0.05) is 10.6 Å². The highest BCUT2D eigenvalue weighted by Crippen LogP contribution is 2.28. The predicted octanol–water partition coefficient (Wildman–Crippen LogP) is 4.84. The van der Waals surface area contributed by atoms with Gasteiger partial charge < -0.3 is 13.7 Å². The van der Waals surface area contributed by atoms with Crippen molar-refractivity contribution in [2.45, 2.75) is 11.8 Å². The standard InChI is InChI=1S/C25H23ClN2O6S/c1-3-15-33-23-14-7-19(16-24(23)32-4-2)25(29)28-27-17-18-5-10-21(11-6-18)34-35(30,31)22-12-8-20(26)9-13-22/h3,5-14,16-17H,1,4,15H2,2H3,(H,28,29)/b27-17+. The fourth-order valence-corrected chi connectivity index (χ4v) is 3.86. The van der Waals surface area contributed by atoms with Crippen molar-refractivity contribution in [3.8, 4) is 17.2 Å². The zero-order chi connectivity index (χ0) is 25.3. The molecular formula is C25H23ClN2O6S. The molecule has 0 atom stereocenters. The van der Waals surface area contributed by atoms with E-state index in [0.29, 0.717) is 40.9 Å². The molecule has 35 heavy (non-hydrogen) atoms. The fraction of sp³-hybridized carbons (Fsp3) is 0.120. The van der Waals surface area contributed by atoms with E-state index in [1.807, 2.05) is 6.92 Å². The van der Waals surface area contributed by atoms with Crippen LogP contribution >= 0.6 is 11.6 Å². The first-order valence-corrected chi connectivity index (χ1v) is 12.2. The summed E-state index contributed by atoms with van der Waals surface area (Å²) < 4.78 is 40.9. The van der Waals surface area contributed by atoms with Crippen LogP contribution in [-0.4, -0.2) is 33.8 Å². The minimum Gasteiger partial charge on any atom is -0.490 e. The highest BCUT2D eigenvalue weighted by atomic mass is 35.5. The molecule has 10 heteroatoms. The van der Waals surface area contributed by atoms with Crippen LogP contribution in [0.2, 0.25) is 5.02 Å². The maximum atomic E-state index is 12.5. The second-order valence-electron chi connectivity index (χ2n) is 6.95. The maximum absolute atomic E-state index is 12.5. The third-order valence-corrected chi connectivity index (χ3v) is 5.94. The van der Waals surface area contributed by atoms with Crippen LogP contribution in [0.15, 0.2) is 89.4 Å². The van der Waals surface area contributed by atoms with Crippen LogP contribution < -0.4 is 19.1 Å². The van der Waals surface area contributed by atoms with Gasteiger partial charge in [0.1, 0.15) is 17.3 Å². The molecule has 0 heterocycles. The molecule has 0 aromatic heterocycles. The van der Waals surface area contributed by atoms with Gasteiger partial charge in [0.25, 0.3) is 5.91 Å². The number of carbonyl (C=O) groups excluding carboxylic acids is 1. The molecule has 3 aromatic rings. The van der Waals surface area contributed by atoms with Crippen LogP contribution in [0.4, 0.5) is 0 Å². The molecule has 1 N–H and O–H groups in total. The Morgan fingerprint density at radius 3 is 2.40 bits per heavy atom. The molecule has 1 amide bonds. The van der Waals surface area contributed by atoms with Crippen molar-refractivity contribution in [2.24, 2.45) is 5.10 Å². The van der Waals surface area contributed by atoms with Crippen molar-refractivity contribution in [2.75, 3.05) is 13.2 Å². The predicted molar refractivity (Wildman–Crippen MR) is 134 cm³/mol. The van der Waals surface area contributed by atoms with Crippen molar-refractivity contribution in [1.82, 2.24) is 5.43 Å². The minimum absolute atomic E-state index is 0.0111. The summed E-state index contributed by atoms with van der Waals surface area (Å²) in [6, 6.07) is 16.6. The molecule has 0 aliphatic heterocycles. The molecular weight excluding hydrogens is 492 g/mol. The van der Waals surface area contributed by atoms with E-state index in [9.17, 15) is 13.2 Å². The number of hydrogen-bond donors (Lipinski definition) is 1. The summed E-state index contributed by atoms with van der Waals surface area (Å²) in [6.07, 6.45) is 3.03. The molecule has 0 unspecified atom stereocenters. The summed E-state index contributed by atoms with van der Waals surface area (Å²) in [6.45, 7) is 6.16. The maximum Gasteiger partial charge on any atom is 0.339 e. The van der Waals surface area contributed by atoms with Crippen LogP contribution in [0.1, 0.15) is 22.8 Å². The first-order chi connectivity index (χ1) is 16.8. The summed E-state index contributed by atoms with van der Waals surface area (Å²) in [7, 11) is -3.99. The number of halogens is 1. The average molecular weight is 515 g/mol. The number of nitrogens with one attached hydrogen (secondary N) is 1. The molecule has 0 aliphatic rings. The van der Waals surface area contributed by atoms with Crippen LogP contribution in [0.3, 0.4) is 0 Å². The second-order valence-corrected chi connectivity index (χ2v) is 8.94. The summed E-state index contributed by atoms with van der Waals surface area (Å²) in [5.41, 5.74) is 3.39. The molecule has 8 nitrogen and oxygen atoms in total. The van der Waals surface area contributed by atoms with Crippen molar-refractivity contribution < 1.29 is 26.9 Å². The fourth-order valence-electron chi connectivity index (χ4n) is 2.80. The lowest BCUT2D eigenvalue weighted by Gasteiger charge is -2.12. The SMILES string of the molecule is C=CCOc1ccc(C(=O)N/N=C/c2ccc(OS(=O)(=O)c3ccc(Cl)cc3)cc2)cc1OCC. The Labute approximate surface area is 208 Å². The molecule has 0 fully saturated rings. The van der Waals surface area contributed by atoms with Crippen LogP contribution in [0.5, 0.6) is 17.2 Å². The largest absolute Gasteiger partial charge is 0.490 e. The van der Waals surface area contributed by atoms with E-state index in [-0.39, 0.29) is 10.6 Å². The number of nitrogens with zero attached hydrogens (tertiary/aromatic N) is 1. The third kappa shape index (κ3) is 7.33. The first-order valence-electron chi connectivity index (χ1n) is 10.5. The van der Waals surface area contributed by atoms with E-state index in [4.69, 9.17) is 25.3 Å². The Hall–Kier alpha value is -3.82. The van der Waals surface area contributed by atoms with Gasteiger partial charge in [0.05, 0.1) is 12.8 Å². The number of hydrogen-bond acceptors (Lipinski definition) is 7. The van der Waals surface area contributed by atoms with E-state index < -0.39 is 16.0 Å². The summed E-state index contributed by atoms with van der Waals surface area (Å²) in [5, 5.41) is 4.36. The van der Waals surface area contributed by atoms with E-state index in [1.54, 1.807) is 36.4 Å². The lowest BCUT2D eigenvalue weighted by Crippen LogP contribution is -2.17. The normalized spacial score (nSPS) is 11.1. The third-order valence-electron chi connectivity index (χ3n) is 4.43. The Morgan fingerprint density at radius 2 is 1.74 bits per heavy atom. The summed E-state index contributed by atoms with van der Waals surface area (Å²) in [5.74, 6) is 0.636. The van der Waals surface area contributed by atoms with E-state index in [2.05, 4.69) is 17.1 Å². The number of rotatable bonds is 11. The monoisotopic (exact) mass is 514 g/mol. The van der Waals surface area contributed by atoms with Gasteiger partial charge >= 0.3 is 10.1 Å². The van der Waals surface area contributed by atoms with E-state index in [1.165, 1.54) is 42.6 Å².